The molecule has 0 aromatic heterocycles. The molecule has 0 bridgehead atoms. The number of rotatable bonds is 8. The zero-order valence-corrected chi connectivity index (χ0v) is 18.9. The molecule has 2 aliphatic rings. The smallest absolute Gasteiger partial charge is 0.349 e. The average molecular weight is 440 g/mol. The second-order valence-electron chi connectivity index (χ2n) is 8.63. The first-order valence-corrected chi connectivity index (χ1v) is 10.8. The van der Waals surface area contributed by atoms with Gasteiger partial charge < -0.3 is 23.7 Å². The number of hydrogen-bond acceptors (Lipinski definition) is 7. The Labute approximate surface area is 187 Å². The van der Waals surface area contributed by atoms with Gasteiger partial charge in [0.2, 0.25) is 5.75 Å². The summed E-state index contributed by atoms with van der Waals surface area (Å²) in [6.45, 7) is 3.99. The Morgan fingerprint density at radius 1 is 1.06 bits per heavy atom. The van der Waals surface area contributed by atoms with Crippen LogP contribution in [-0.4, -0.2) is 38.4 Å². The average Bonchev–Trinajstić information content (AvgIpc) is 3.12. The molecule has 1 saturated carbocycles. The van der Waals surface area contributed by atoms with Gasteiger partial charge in [-0.1, -0.05) is 12.5 Å². The van der Waals surface area contributed by atoms with E-state index in [0.29, 0.717) is 40.9 Å². The minimum absolute atomic E-state index is 0.227. The van der Waals surface area contributed by atoms with Crippen molar-refractivity contribution < 1.29 is 33.3 Å². The lowest BCUT2D eigenvalue weighted by Gasteiger charge is -2.30. The number of benzene rings is 2. The van der Waals surface area contributed by atoms with Crippen LogP contribution in [0.15, 0.2) is 30.3 Å². The Kier molecular flexibility index (Phi) is 6.00. The predicted molar refractivity (Wildman–Crippen MR) is 117 cm³/mol. The van der Waals surface area contributed by atoms with E-state index in [1.54, 1.807) is 26.0 Å². The van der Waals surface area contributed by atoms with Gasteiger partial charge in [0.25, 0.3) is 0 Å². The second-order valence-corrected chi connectivity index (χ2v) is 8.63. The molecule has 1 aliphatic heterocycles. The van der Waals surface area contributed by atoms with Gasteiger partial charge in [0.05, 0.1) is 26.4 Å². The molecular weight excluding hydrogens is 412 g/mol. The quantitative estimate of drug-likeness (QED) is 0.558. The molecule has 1 heterocycles. The molecule has 0 atom stereocenters. The van der Waals surface area contributed by atoms with Crippen LogP contribution in [0.2, 0.25) is 0 Å². The van der Waals surface area contributed by atoms with Gasteiger partial charge in [0, 0.05) is 11.1 Å². The first-order valence-electron chi connectivity index (χ1n) is 10.8. The zero-order valence-electron chi connectivity index (χ0n) is 18.9. The Morgan fingerprint density at radius 2 is 1.81 bits per heavy atom. The van der Waals surface area contributed by atoms with E-state index >= 15 is 0 Å². The monoisotopic (exact) mass is 440 g/mol. The molecule has 2 aromatic rings. The van der Waals surface area contributed by atoms with Crippen molar-refractivity contribution in [3.63, 3.8) is 0 Å². The number of esters is 2. The summed E-state index contributed by atoms with van der Waals surface area (Å²) < 4.78 is 28.0. The highest BCUT2D eigenvalue weighted by molar-refractivity contribution is 5.94. The molecule has 2 aromatic carbocycles. The van der Waals surface area contributed by atoms with Crippen molar-refractivity contribution >= 4 is 11.9 Å². The lowest BCUT2D eigenvalue weighted by Crippen LogP contribution is -2.41. The first kappa shape index (κ1) is 22.0. The fourth-order valence-corrected chi connectivity index (χ4v) is 3.85. The number of methoxy groups -OCH3 is 2. The van der Waals surface area contributed by atoms with E-state index in [2.05, 4.69) is 0 Å². The summed E-state index contributed by atoms with van der Waals surface area (Å²) in [6.07, 6.45) is 3.36. The van der Waals surface area contributed by atoms with Crippen LogP contribution in [0.1, 0.15) is 49.0 Å². The number of carbonyl (C=O) groups excluding carboxylic acids is 2. The third kappa shape index (κ3) is 4.11. The van der Waals surface area contributed by atoms with Gasteiger partial charge in [-0.2, -0.15) is 0 Å². The van der Waals surface area contributed by atoms with Crippen molar-refractivity contribution in [1.29, 1.82) is 0 Å². The topological polar surface area (TPSA) is 80.3 Å². The lowest BCUT2D eigenvalue weighted by molar-refractivity contribution is -0.161. The van der Waals surface area contributed by atoms with Crippen molar-refractivity contribution in [3.05, 3.63) is 41.5 Å². The summed E-state index contributed by atoms with van der Waals surface area (Å²) in [5.41, 5.74) is 1.60. The number of carbonyl (C=O) groups is 2. The normalized spacial score (nSPS) is 15.4. The summed E-state index contributed by atoms with van der Waals surface area (Å²) in [5.74, 6) is 0.886. The van der Waals surface area contributed by atoms with Gasteiger partial charge in [0.15, 0.2) is 17.1 Å². The molecule has 0 spiro atoms. The van der Waals surface area contributed by atoms with E-state index < -0.39 is 11.6 Å². The first-order chi connectivity index (χ1) is 15.3. The molecular formula is C25H28O7. The fraction of sp³-hybridized carbons (Fsp3) is 0.440. The largest absolute Gasteiger partial charge is 0.493 e. The summed E-state index contributed by atoms with van der Waals surface area (Å²) in [4.78, 5) is 24.7. The predicted octanol–water partition coefficient (Wildman–Crippen LogP) is 4.54. The van der Waals surface area contributed by atoms with Gasteiger partial charge in [-0.25, -0.2) is 9.59 Å². The zero-order chi connectivity index (χ0) is 22.9. The molecule has 0 radical (unpaired) electrons. The highest BCUT2D eigenvalue weighted by atomic mass is 16.6. The van der Waals surface area contributed by atoms with Crippen LogP contribution in [0.4, 0.5) is 0 Å². The molecule has 4 rings (SSSR count). The summed E-state index contributed by atoms with van der Waals surface area (Å²) >= 11 is 0. The van der Waals surface area contributed by atoms with Gasteiger partial charge >= 0.3 is 11.9 Å². The number of fused-ring (bicyclic) bond motifs is 1. The van der Waals surface area contributed by atoms with Crippen molar-refractivity contribution in [2.45, 2.75) is 45.3 Å². The van der Waals surface area contributed by atoms with Gasteiger partial charge in [-0.05, 0) is 62.4 Å². The van der Waals surface area contributed by atoms with Crippen LogP contribution in [0.25, 0.3) is 11.1 Å². The van der Waals surface area contributed by atoms with E-state index in [1.165, 1.54) is 20.6 Å². The Balaban J connectivity index is 1.69. The molecule has 0 amide bonds. The minimum Gasteiger partial charge on any atom is -0.493 e. The van der Waals surface area contributed by atoms with Crippen molar-refractivity contribution in [3.8, 4) is 28.4 Å². The summed E-state index contributed by atoms with van der Waals surface area (Å²) in [7, 11) is 3.06. The molecule has 32 heavy (non-hydrogen) atoms. The highest BCUT2D eigenvalue weighted by Crippen LogP contribution is 2.46. The lowest BCUT2D eigenvalue weighted by atomic mass is 9.86. The molecule has 0 saturated heterocycles. The molecule has 1 aliphatic carbocycles. The van der Waals surface area contributed by atoms with E-state index in [-0.39, 0.29) is 12.6 Å². The minimum atomic E-state index is -1.26. The number of cyclic esters (lactones) is 1. The molecule has 0 N–H and O–H groups in total. The van der Waals surface area contributed by atoms with E-state index in [4.69, 9.17) is 23.7 Å². The molecule has 1 fully saturated rings. The summed E-state index contributed by atoms with van der Waals surface area (Å²) in [6, 6.07) is 9.06. The van der Waals surface area contributed by atoms with Crippen LogP contribution in [-0.2, 0) is 20.9 Å². The molecule has 0 unspecified atom stereocenters. The number of ether oxygens (including phenoxy) is 5. The van der Waals surface area contributed by atoms with Crippen LogP contribution in [0.5, 0.6) is 17.2 Å². The van der Waals surface area contributed by atoms with E-state index in [0.717, 1.165) is 24.0 Å². The third-order valence-corrected chi connectivity index (χ3v) is 6.02. The Hall–Kier alpha value is -3.22. The van der Waals surface area contributed by atoms with E-state index in [9.17, 15) is 9.59 Å². The standard InChI is InChI=1S/C25H28O7/c1-25(2,24(27)31-13-15-6-5-7-15)32-21-18(10-11-20(28-3)22(21)29-4)16-8-9-19-17(12-16)14-30-23(19)26/h8-12,15H,5-7,13-14H2,1-4H3. The maximum Gasteiger partial charge on any atom is 0.349 e. The Bertz CT molecular complexity index is 1040. The summed E-state index contributed by atoms with van der Waals surface area (Å²) in [5, 5.41) is 0. The van der Waals surface area contributed by atoms with Crippen LogP contribution in [0, 0.1) is 5.92 Å². The SMILES string of the molecule is COc1ccc(-c2ccc3c(c2)COC3=O)c(OC(C)(C)C(=O)OCC2CCC2)c1OC. The maximum atomic E-state index is 12.8. The van der Waals surface area contributed by atoms with Crippen LogP contribution >= 0.6 is 0 Å². The highest BCUT2D eigenvalue weighted by Gasteiger charge is 2.36. The van der Waals surface area contributed by atoms with Gasteiger partial charge in [-0.15, -0.1) is 0 Å². The molecule has 7 nitrogen and oxygen atoms in total. The maximum absolute atomic E-state index is 12.8. The van der Waals surface area contributed by atoms with Crippen molar-refractivity contribution in [1.82, 2.24) is 0 Å². The van der Waals surface area contributed by atoms with Gasteiger partial charge in [-0.3, -0.25) is 0 Å². The van der Waals surface area contributed by atoms with E-state index in [1.807, 2.05) is 18.2 Å². The number of hydrogen-bond donors (Lipinski definition) is 0. The fourth-order valence-electron chi connectivity index (χ4n) is 3.85. The molecule has 7 heteroatoms. The van der Waals surface area contributed by atoms with Crippen molar-refractivity contribution in [2.75, 3.05) is 20.8 Å². The second kappa shape index (κ2) is 8.73. The molecule has 170 valence electrons. The third-order valence-electron chi connectivity index (χ3n) is 6.02. The van der Waals surface area contributed by atoms with Crippen LogP contribution in [0.3, 0.4) is 0 Å². The van der Waals surface area contributed by atoms with Crippen LogP contribution < -0.4 is 14.2 Å². The van der Waals surface area contributed by atoms with Crippen molar-refractivity contribution in [2.24, 2.45) is 5.92 Å². The Morgan fingerprint density at radius 3 is 2.47 bits per heavy atom. The van der Waals surface area contributed by atoms with Gasteiger partial charge in [0.1, 0.15) is 6.61 Å².